The predicted molar refractivity (Wildman–Crippen MR) is 235 cm³/mol. The molecule has 0 N–H and O–H groups in total. The number of hydrogen-bond acceptors (Lipinski definition) is 3. The van der Waals surface area contributed by atoms with E-state index in [0.29, 0.717) is 0 Å². The highest BCUT2D eigenvalue weighted by Crippen LogP contribution is 2.43. The van der Waals surface area contributed by atoms with Crippen molar-refractivity contribution in [3.05, 3.63) is 200 Å². The van der Waals surface area contributed by atoms with Crippen molar-refractivity contribution in [3.8, 4) is 33.4 Å². The lowest BCUT2D eigenvalue weighted by atomic mass is 9.98. The highest BCUT2D eigenvalue weighted by Gasteiger charge is 2.17. The molecule has 2 nitrogen and oxygen atoms in total. The number of rotatable bonds is 6. The van der Waals surface area contributed by atoms with E-state index >= 15 is 0 Å². The molecule has 0 saturated carbocycles. The van der Waals surface area contributed by atoms with E-state index in [1.54, 1.807) is 0 Å². The van der Waals surface area contributed by atoms with Crippen LogP contribution in [0.25, 0.3) is 86.3 Å². The molecular formula is C52H33NOS. The number of para-hydroxylation sites is 1. The Morgan fingerprint density at radius 3 is 1.80 bits per heavy atom. The molecule has 0 radical (unpaired) electrons. The highest BCUT2D eigenvalue weighted by molar-refractivity contribution is 7.25. The van der Waals surface area contributed by atoms with Crippen LogP contribution in [0.4, 0.5) is 17.1 Å². The SMILES string of the molecule is c1ccc(-c2ccc(N(c3ccc(-c4ccc5cc6oc7ccccc7c6cc5c4)cc3)c3cccc(-c4cccc5sc6ccccc6c45)c3)cc2)cc1. The Labute approximate surface area is 322 Å². The van der Waals surface area contributed by atoms with Crippen LogP contribution in [0.5, 0.6) is 0 Å². The topological polar surface area (TPSA) is 16.4 Å². The second-order valence-corrected chi connectivity index (χ2v) is 15.2. The largest absolute Gasteiger partial charge is 0.456 e. The first-order valence-corrected chi connectivity index (χ1v) is 19.5. The summed E-state index contributed by atoms with van der Waals surface area (Å²) in [6.45, 7) is 0. The number of nitrogens with zero attached hydrogens (tertiary/aromatic N) is 1. The predicted octanol–water partition coefficient (Wildman–Crippen LogP) is 15.6. The molecule has 11 rings (SSSR count). The Kier molecular flexibility index (Phi) is 7.39. The van der Waals surface area contributed by atoms with Gasteiger partial charge in [0.05, 0.1) is 0 Å². The van der Waals surface area contributed by atoms with E-state index in [4.69, 9.17) is 4.42 Å². The summed E-state index contributed by atoms with van der Waals surface area (Å²) in [7, 11) is 0. The van der Waals surface area contributed by atoms with Crippen molar-refractivity contribution in [3.63, 3.8) is 0 Å². The summed E-state index contributed by atoms with van der Waals surface area (Å²) in [5.74, 6) is 0. The molecule has 0 amide bonds. The molecule has 0 aliphatic carbocycles. The molecule has 0 aliphatic rings. The number of hydrogen-bond donors (Lipinski definition) is 0. The van der Waals surface area contributed by atoms with Gasteiger partial charge < -0.3 is 9.32 Å². The minimum absolute atomic E-state index is 0.922. The van der Waals surface area contributed by atoms with E-state index < -0.39 is 0 Å². The summed E-state index contributed by atoms with van der Waals surface area (Å²) in [6, 6.07) is 72.3. The van der Waals surface area contributed by atoms with Gasteiger partial charge in [0.1, 0.15) is 11.2 Å². The van der Waals surface area contributed by atoms with Gasteiger partial charge in [0.25, 0.3) is 0 Å². The minimum Gasteiger partial charge on any atom is -0.456 e. The maximum absolute atomic E-state index is 6.17. The Bertz CT molecular complexity index is 3190. The lowest BCUT2D eigenvalue weighted by Gasteiger charge is -2.26. The van der Waals surface area contributed by atoms with Gasteiger partial charge >= 0.3 is 0 Å². The first kappa shape index (κ1) is 31.6. The molecule has 258 valence electrons. The average Bonchev–Trinajstić information content (AvgIpc) is 3.82. The standard InChI is InChI=1S/C52H33NOS/c1-2-10-34(11-3-1)35-22-26-41(27-23-35)53(43-13-8-12-39(31-43)44-16-9-19-51-52(44)46-15-5-7-18-50(46)55-51)42-28-24-36(25-29-42)37-20-21-38-33-49-47(32-40(38)30-37)45-14-4-6-17-48(45)54-49/h1-33H. The summed E-state index contributed by atoms with van der Waals surface area (Å²) in [4.78, 5) is 2.37. The lowest BCUT2D eigenvalue weighted by Crippen LogP contribution is -2.10. The van der Waals surface area contributed by atoms with Gasteiger partial charge in [-0.2, -0.15) is 0 Å². The number of thiophene rings is 1. The van der Waals surface area contributed by atoms with Gasteiger partial charge in [0.2, 0.25) is 0 Å². The van der Waals surface area contributed by atoms with Gasteiger partial charge in [-0.25, -0.2) is 0 Å². The Hall–Kier alpha value is -6.94. The van der Waals surface area contributed by atoms with E-state index in [0.717, 1.165) is 39.0 Å². The van der Waals surface area contributed by atoms with Crippen molar-refractivity contribution in [1.82, 2.24) is 0 Å². The van der Waals surface area contributed by atoms with Crippen molar-refractivity contribution in [2.75, 3.05) is 4.90 Å². The lowest BCUT2D eigenvalue weighted by molar-refractivity contribution is 0.669. The zero-order valence-electron chi connectivity index (χ0n) is 29.8. The van der Waals surface area contributed by atoms with Crippen LogP contribution in [0.1, 0.15) is 0 Å². The quantitative estimate of drug-likeness (QED) is 0.170. The van der Waals surface area contributed by atoms with Crippen LogP contribution in [0.2, 0.25) is 0 Å². The average molecular weight is 720 g/mol. The molecule has 0 fully saturated rings. The molecule has 0 aliphatic heterocycles. The number of benzene rings is 9. The Morgan fingerprint density at radius 1 is 0.345 bits per heavy atom. The Morgan fingerprint density at radius 2 is 0.982 bits per heavy atom. The molecule has 2 aromatic heterocycles. The fraction of sp³-hybridized carbons (Fsp3) is 0. The molecule has 0 unspecified atom stereocenters. The van der Waals surface area contributed by atoms with Crippen molar-refractivity contribution >= 4 is 81.3 Å². The van der Waals surface area contributed by atoms with Crippen molar-refractivity contribution in [2.24, 2.45) is 0 Å². The third kappa shape index (κ3) is 5.48. The highest BCUT2D eigenvalue weighted by atomic mass is 32.1. The third-order valence-corrected chi connectivity index (χ3v) is 12.0. The number of anilines is 3. The molecule has 9 aromatic carbocycles. The molecule has 3 heteroatoms. The van der Waals surface area contributed by atoms with Gasteiger partial charge in [-0.05, 0) is 117 Å². The fourth-order valence-corrected chi connectivity index (χ4v) is 9.29. The van der Waals surface area contributed by atoms with Crippen molar-refractivity contribution in [1.29, 1.82) is 0 Å². The second-order valence-electron chi connectivity index (χ2n) is 14.1. The van der Waals surface area contributed by atoms with Crippen LogP contribution in [-0.4, -0.2) is 0 Å². The van der Waals surface area contributed by atoms with Crippen LogP contribution >= 0.6 is 11.3 Å². The molecule has 55 heavy (non-hydrogen) atoms. The summed E-state index contributed by atoms with van der Waals surface area (Å²) in [5, 5.41) is 7.30. The maximum Gasteiger partial charge on any atom is 0.136 e. The summed E-state index contributed by atoms with van der Waals surface area (Å²) in [5.41, 5.74) is 12.4. The maximum atomic E-state index is 6.17. The van der Waals surface area contributed by atoms with Gasteiger partial charge in [0, 0.05) is 48.0 Å². The van der Waals surface area contributed by atoms with Crippen LogP contribution in [0, 0.1) is 0 Å². The van der Waals surface area contributed by atoms with Crippen molar-refractivity contribution in [2.45, 2.75) is 0 Å². The van der Waals surface area contributed by atoms with Gasteiger partial charge in [-0.15, -0.1) is 11.3 Å². The molecule has 2 heterocycles. The molecule has 0 bridgehead atoms. The van der Waals surface area contributed by atoms with E-state index in [9.17, 15) is 0 Å². The normalized spacial score (nSPS) is 11.6. The minimum atomic E-state index is 0.922. The van der Waals surface area contributed by atoms with Crippen LogP contribution in [0.3, 0.4) is 0 Å². The van der Waals surface area contributed by atoms with E-state index in [1.807, 2.05) is 23.5 Å². The van der Waals surface area contributed by atoms with Crippen LogP contribution in [0.15, 0.2) is 205 Å². The van der Waals surface area contributed by atoms with Gasteiger partial charge in [-0.3, -0.25) is 0 Å². The van der Waals surface area contributed by atoms with E-state index in [-0.39, 0.29) is 0 Å². The van der Waals surface area contributed by atoms with Crippen LogP contribution < -0.4 is 4.90 Å². The molecule has 0 spiro atoms. The number of furan rings is 1. The third-order valence-electron chi connectivity index (χ3n) is 10.8. The summed E-state index contributed by atoms with van der Waals surface area (Å²) >= 11 is 1.86. The molecule has 11 aromatic rings. The molecule has 0 saturated heterocycles. The monoisotopic (exact) mass is 719 g/mol. The van der Waals surface area contributed by atoms with E-state index in [1.165, 1.54) is 64.3 Å². The molecular weight excluding hydrogens is 687 g/mol. The van der Waals surface area contributed by atoms with Crippen molar-refractivity contribution < 1.29 is 4.42 Å². The summed E-state index contributed by atoms with van der Waals surface area (Å²) in [6.07, 6.45) is 0. The summed E-state index contributed by atoms with van der Waals surface area (Å²) < 4.78 is 8.80. The zero-order chi connectivity index (χ0) is 36.3. The van der Waals surface area contributed by atoms with Gasteiger partial charge in [0.15, 0.2) is 0 Å². The van der Waals surface area contributed by atoms with E-state index in [2.05, 4.69) is 193 Å². The molecule has 0 atom stereocenters. The fourth-order valence-electron chi connectivity index (χ4n) is 8.16. The zero-order valence-corrected chi connectivity index (χ0v) is 30.6. The first-order valence-electron chi connectivity index (χ1n) is 18.7. The smallest absolute Gasteiger partial charge is 0.136 e. The number of fused-ring (bicyclic) bond motifs is 7. The first-order chi connectivity index (χ1) is 27.2. The second kappa shape index (κ2) is 12.9. The van der Waals surface area contributed by atoms with Crippen LogP contribution in [-0.2, 0) is 0 Å². The van der Waals surface area contributed by atoms with Gasteiger partial charge in [-0.1, -0.05) is 127 Å². The Balaban J connectivity index is 1.01.